The summed E-state index contributed by atoms with van der Waals surface area (Å²) in [5, 5.41) is 4.91. The summed E-state index contributed by atoms with van der Waals surface area (Å²) in [4.78, 5) is 6.21. The van der Waals surface area contributed by atoms with Crippen LogP contribution in [0.1, 0.15) is 47.8 Å². The number of ether oxygens (including phenoxy) is 1. The highest BCUT2D eigenvalue weighted by molar-refractivity contribution is 7.11. The van der Waals surface area contributed by atoms with Gasteiger partial charge in [0.15, 0.2) is 0 Å². The lowest BCUT2D eigenvalue weighted by molar-refractivity contribution is 0.176. The second-order valence-electron chi connectivity index (χ2n) is 5.02. The van der Waals surface area contributed by atoms with Gasteiger partial charge in [0, 0.05) is 18.5 Å². The topological polar surface area (TPSA) is 34.2 Å². The van der Waals surface area contributed by atoms with Crippen molar-refractivity contribution >= 4 is 11.3 Å². The molecule has 102 valence electrons. The predicted octanol–water partition coefficient (Wildman–Crippen LogP) is 3.09. The fourth-order valence-electron chi connectivity index (χ4n) is 2.46. The number of nitrogens with zero attached hydrogens (tertiary/aromatic N) is 1. The summed E-state index contributed by atoms with van der Waals surface area (Å²) in [5.74, 6) is 0.775. The van der Waals surface area contributed by atoms with E-state index in [0.717, 1.165) is 25.5 Å². The number of hydrogen-bond acceptors (Lipinski definition) is 4. The van der Waals surface area contributed by atoms with Gasteiger partial charge in [-0.2, -0.15) is 0 Å². The van der Waals surface area contributed by atoms with E-state index in [4.69, 9.17) is 9.72 Å². The molecule has 0 bridgehead atoms. The first kappa shape index (κ1) is 14.0. The number of thiazole rings is 1. The maximum absolute atomic E-state index is 5.13. The van der Waals surface area contributed by atoms with Crippen LogP contribution < -0.4 is 5.32 Å². The summed E-state index contributed by atoms with van der Waals surface area (Å²) in [6.45, 7) is 6.06. The maximum atomic E-state index is 5.13. The Labute approximate surface area is 114 Å². The molecule has 0 radical (unpaired) electrons. The van der Waals surface area contributed by atoms with Gasteiger partial charge >= 0.3 is 0 Å². The van der Waals surface area contributed by atoms with Gasteiger partial charge in [-0.05, 0) is 32.1 Å². The van der Waals surface area contributed by atoms with Crippen LogP contribution in [0.4, 0.5) is 0 Å². The molecule has 0 spiro atoms. The number of aryl methyl sites for hydroxylation is 2. The van der Waals surface area contributed by atoms with Crippen LogP contribution in [0.15, 0.2) is 0 Å². The number of methoxy groups -OCH3 is 1. The van der Waals surface area contributed by atoms with Crippen molar-refractivity contribution < 1.29 is 4.74 Å². The smallest absolute Gasteiger partial charge is 0.110 e. The Hall–Kier alpha value is -0.450. The Morgan fingerprint density at radius 1 is 1.50 bits per heavy atom. The molecule has 0 aromatic carbocycles. The van der Waals surface area contributed by atoms with E-state index in [-0.39, 0.29) is 0 Å². The number of hydrogen-bond donors (Lipinski definition) is 1. The quantitative estimate of drug-likeness (QED) is 0.772. The fraction of sp³-hybridized carbons (Fsp3) is 0.786. The number of aromatic nitrogens is 1. The Bertz CT molecular complexity index is 374. The fourth-order valence-corrected chi connectivity index (χ4v) is 3.64. The van der Waals surface area contributed by atoms with E-state index in [1.807, 2.05) is 11.3 Å². The largest absolute Gasteiger partial charge is 0.383 e. The Balaban J connectivity index is 2.06. The third-order valence-electron chi connectivity index (χ3n) is 3.80. The predicted molar refractivity (Wildman–Crippen MR) is 76.2 cm³/mol. The molecule has 2 rings (SSSR count). The van der Waals surface area contributed by atoms with Gasteiger partial charge < -0.3 is 10.1 Å². The molecular weight excluding hydrogens is 244 g/mol. The lowest BCUT2D eigenvalue weighted by Crippen LogP contribution is -2.34. The molecule has 1 N–H and O–H groups in total. The number of rotatable bonds is 7. The normalized spacial score (nSPS) is 17.7. The van der Waals surface area contributed by atoms with Gasteiger partial charge in [0.25, 0.3) is 0 Å². The lowest BCUT2D eigenvalue weighted by atomic mass is 9.80. The molecule has 1 fully saturated rings. The van der Waals surface area contributed by atoms with Crippen LogP contribution in [0, 0.1) is 12.8 Å². The minimum absolute atomic E-state index is 0.442. The van der Waals surface area contributed by atoms with E-state index in [1.54, 1.807) is 7.11 Å². The third kappa shape index (κ3) is 3.11. The van der Waals surface area contributed by atoms with E-state index in [0.29, 0.717) is 6.04 Å². The van der Waals surface area contributed by atoms with Crippen LogP contribution in [-0.2, 0) is 11.2 Å². The molecule has 1 heterocycles. The first-order valence-corrected chi connectivity index (χ1v) is 7.76. The molecule has 1 unspecified atom stereocenters. The van der Waals surface area contributed by atoms with Crippen LogP contribution in [0.2, 0.25) is 0 Å². The summed E-state index contributed by atoms with van der Waals surface area (Å²) < 4.78 is 5.13. The lowest BCUT2D eigenvalue weighted by Gasteiger charge is -2.33. The van der Waals surface area contributed by atoms with Crippen LogP contribution in [0.25, 0.3) is 0 Å². The summed E-state index contributed by atoms with van der Waals surface area (Å²) in [5.41, 5.74) is 1.27. The zero-order chi connectivity index (χ0) is 13.0. The van der Waals surface area contributed by atoms with Crippen molar-refractivity contribution in [1.29, 1.82) is 0 Å². The summed E-state index contributed by atoms with van der Waals surface area (Å²) in [6.07, 6.45) is 5.09. The molecule has 1 aliphatic rings. The molecular formula is C14H24N2OS. The van der Waals surface area contributed by atoms with Crippen LogP contribution >= 0.6 is 11.3 Å². The highest BCUT2D eigenvalue weighted by atomic mass is 32.1. The van der Waals surface area contributed by atoms with Crippen LogP contribution in [0.3, 0.4) is 0 Å². The summed E-state index contributed by atoms with van der Waals surface area (Å²) in [6, 6.07) is 0.442. The summed E-state index contributed by atoms with van der Waals surface area (Å²) in [7, 11) is 1.75. The van der Waals surface area contributed by atoms with Gasteiger partial charge in [0.05, 0.1) is 18.3 Å². The van der Waals surface area contributed by atoms with Crippen LogP contribution in [-0.4, -0.2) is 25.2 Å². The highest BCUT2D eigenvalue weighted by Crippen LogP contribution is 2.39. The standard InChI is InChI=1S/C14H24N2OS/c1-4-12-10(2)18-14(16-12)13(11-6-5-7-11)15-8-9-17-3/h11,13,15H,4-9H2,1-3H3. The average Bonchev–Trinajstić information content (AvgIpc) is 2.67. The van der Waals surface area contributed by atoms with E-state index < -0.39 is 0 Å². The maximum Gasteiger partial charge on any atom is 0.110 e. The van der Waals surface area contributed by atoms with E-state index in [1.165, 1.54) is 34.8 Å². The molecule has 4 heteroatoms. The minimum atomic E-state index is 0.442. The average molecular weight is 268 g/mol. The monoisotopic (exact) mass is 268 g/mol. The molecule has 1 saturated carbocycles. The molecule has 1 aliphatic carbocycles. The molecule has 0 saturated heterocycles. The van der Waals surface area contributed by atoms with Crippen LogP contribution in [0.5, 0.6) is 0 Å². The zero-order valence-electron chi connectivity index (χ0n) is 11.7. The summed E-state index contributed by atoms with van der Waals surface area (Å²) >= 11 is 1.87. The van der Waals surface area contributed by atoms with E-state index >= 15 is 0 Å². The van der Waals surface area contributed by atoms with Gasteiger partial charge in [-0.1, -0.05) is 13.3 Å². The molecule has 1 aromatic rings. The zero-order valence-corrected chi connectivity index (χ0v) is 12.5. The number of nitrogens with one attached hydrogen (secondary N) is 1. The van der Waals surface area contributed by atoms with Gasteiger partial charge in [0.1, 0.15) is 5.01 Å². The van der Waals surface area contributed by atoms with Gasteiger partial charge in [-0.3, -0.25) is 0 Å². The molecule has 3 nitrogen and oxygen atoms in total. The van der Waals surface area contributed by atoms with E-state index in [9.17, 15) is 0 Å². The molecule has 1 aromatic heterocycles. The second-order valence-corrected chi connectivity index (χ2v) is 6.26. The van der Waals surface area contributed by atoms with Crippen molar-refractivity contribution in [2.24, 2.45) is 5.92 Å². The minimum Gasteiger partial charge on any atom is -0.383 e. The van der Waals surface area contributed by atoms with Crippen molar-refractivity contribution in [2.45, 2.75) is 45.6 Å². The second kappa shape index (κ2) is 6.64. The van der Waals surface area contributed by atoms with Crippen molar-refractivity contribution in [3.8, 4) is 0 Å². The Morgan fingerprint density at radius 2 is 2.28 bits per heavy atom. The Morgan fingerprint density at radius 3 is 2.78 bits per heavy atom. The Kier molecular flexibility index (Phi) is 5.15. The SMILES string of the molecule is CCc1nc(C(NCCOC)C2CCC2)sc1C. The third-order valence-corrected chi connectivity index (χ3v) is 4.90. The van der Waals surface area contributed by atoms with Crippen molar-refractivity contribution in [3.63, 3.8) is 0 Å². The van der Waals surface area contributed by atoms with Gasteiger partial charge in [0.2, 0.25) is 0 Å². The van der Waals surface area contributed by atoms with E-state index in [2.05, 4.69) is 19.2 Å². The first-order chi connectivity index (χ1) is 8.76. The van der Waals surface area contributed by atoms with Crippen molar-refractivity contribution in [3.05, 3.63) is 15.6 Å². The van der Waals surface area contributed by atoms with Gasteiger partial charge in [-0.15, -0.1) is 11.3 Å². The molecule has 1 atom stereocenters. The first-order valence-electron chi connectivity index (χ1n) is 6.94. The van der Waals surface area contributed by atoms with Crippen molar-refractivity contribution in [2.75, 3.05) is 20.3 Å². The highest BCUT2D eigenvalue weighted by Gasteiger charge is 2.30. The molecule has 0 amide bonds. The van der Waals surface area contributed by atoms with Crippen molar-refractivity contribution in [1.82, 2.24) is 10.3 Å². The molecule has 0 aliphatic heterocycles. The molecule has 18 heavy (non-hydrogen) atoms. The van der Waals surface area contributed by atoms with Gasteiger partial charge in [-0.25, -0.2) is 4.98 Å².